The number of hydrogen-bond donors (Lipinski definition) is 0. The van der Waals surface area contributed by atoms with Gasteiger partial charge in [0, 0.05) is 24.3 Å². The van der Waals surface area contributed by atoms with Crippen molar-refractivity contribution in [2.75, 3.05) is 13.2 Å². The standard InChI is InChI=1S/C21H21NO/c1-15-13-19(17-9-11-23-12-10-17)20-14-18(7-8-21(20)22-15)16-5-3-2-4-6-16/h2-8,13-14,17H,9-12H2,1H3. The Morgan fingerprint density at radius 3 is 2.48 bits per heavy atom. The number of ether oxygens (including phenoxy) is 1. The molecule has 0 radical (unpaired) electrons. The number of aryl methyl sites for hydroxylation is 1. The molecule has 23 heavy (non-hydrogen) atoms. The smallest absolute Gasteiger partial charge is 0.0708 e. The second-order valence-electron chi connectivity index (χ2n) is 6.34. The summed E-state index contributed by atoms with van der Waals surface area (Å²) < 4.78 is 5.54. The third-order valence-electron chi connectivity index (χ3n) is 4.74. The molecule has 0 unspecified atom stereocenters. The van der Waals surface area contributed by atoms with Crippen molar-refractivity contribution >= 4 is 10.9 Å². The van der Waals surface area contributed by atoms with E-state index in [1.165, 1.54) is 22.1 Å². The molecule has 1 aliphatic heterocycles. The van der Waals surface area contributed by atoms with Crippen molar-refractivity contribution < 1.29 is 4.74 Å². The molecule has 1 aromatic heterocycles. The van der Waals surface area contributed by atoms with Crippen molar-refractivity contribution in [3.8, 4) is 11.1 Å². The van der Waals surface area contributed by atoms with E-state index in [0.29, 0.717) is 5.92 Å². The Labute approximate surface area is 137 Å². The molecule has 1 fully saturated rings. The lowest BCUT2D eigenvalue weighted by Crippen LogP contribution is -2.14. The summed E-state index contributed by atoms with van der Waals surface area (Å²) in [4.78, 5) is 4.73. The minimum absolute atomic E-state index is 0.582. The van der Waals surface area contributed by atoms with E-state index in [1.807, 2.05) is 0 Å². The van der Waals surface area contributed by atoms with E-state index in [4.69, 9.17) is 9.72 Å². The van der Waals surface area contributed by atoms with Gasteiger partial charge in [-0.05, 0) is 60.6 Å². The van der Waals surface area contributed by atoms with Crippen LogP contribution < -0.4 is 0 Å². The molecule has 2 nitrogen and oxygen atoms in total. The van der Waals surface area contributed by atoms with Crippen molar-refractivity contribution in [1.82, 2.24) is 4.98 Å². The fourth-order valence-electron chi connectivity index (χ4n) is 3.55. The number of nitrogens with zero attached hydrogens (tertiary/aromatic N) is 1. The zero-order valence-corrected chi connectivity index (χ0v) is 13.5. The number of benzene rings is 2. The highest BCUT2D eigenvalue weighted by atomic mass is 16.5. The molecule has 0 aliphatic carbocycles. The van der Waals surface area contributed by atoms with Crippen LogP contribution in [0.3, 0.4) is 0 Å². The van der Waals surface area contributed by atoms with Crippen LogP contribution in [0, 0.1) is 6.92 Å². The minimum atomic E-state index is 0.582. The first-order valence-corrected chi connectivity index (χ1v) is 8.36. The lowest BCUT2D eigenvalue weighted by molar-refractivity contribution is 0.0856. The summed E-state index contributed by atoms with van der Waals surface area (Å²) in [6, 6.07) is 19.5. The van der Waals surface area contributed by atoms with Crippen LogP contribution in [0.5, 0.6) is 0 Å². The Hall–Kier alpha value is -2.19. The molecule has 0 N–H and O–H groups in total. The minimum Gasteiger partial charge on any atom is -0.381 e. The third kappa shape index (κ3) is 2.87. The molecule has 116 valence electrons. The van der Waals surface area contributed by atoms with Crippen molar-refractivity contribution in [2.24, 2.45) is 0 Å². The summed E-state index contributed by atoms with van der Waals surface area (Å²) in [6.07, 6.45) is 2.21. The summed E-state index contributed by atoms with van der Waals surface area (Å²) in [5.74, 6) is 0.582. The van der Waals surface area contributed by atoms with Crippen LogP contribution in [0.4, 0.5) is 0 Å². The fraction of sp³-hybridized carbons (Fsp3) is 0.286. The summed E-state index contributed by atoms with van der Waals surface area (Å²) in [5, 5.41) is 1.30. The van der Waals surface area contributed by atoms with Gasteiger partial charge in [0.15, 0.2) is 0 Å². The predicted molar refractivity (Wildman–Crippen MR) is 94.7 cm³/mol. The van der Waals surface area contributed by atoms with Gasteiger partial charge in [0.2, 0.25) is 0 Å². The summed E-state index contributed by atoms with van der Waals surface area (Å²) in [5.41, 5.74) is 6.16. The Bertz CT molecular complexity index is 820. The summed E-state index contributed by atoms with van der Waals surface area (Å²) >= 11 is 0. The zero-order valence-electron chi connectivity index (χ0n) is 13.5. The number of aromatic nitrogens is 1. The first kappa shape index (κ1) is 14.4. The quantitative estimate of drug-likeness (QED) is 0.656. The van der Waals surface area contributed by atoms with Crippen LogP contribution in [0.1, 0.15) is 30.0 Å². The summed E-state index contributed by atoms with van der Waals surface area (Å²) in [6.45, 7) is 3.82. The van der Waals surface area contributed by atoms with Gasteiger partial charge in [-0.15, -0.1) is 0 Å². The molecule has 0 bridgehead atoms. The molecule has 2 heteroatoms. The average molecular weight is 303 g/mol. The van der Waals surface area contributed by atoms with Gasteiger partial charge in [-0.25, -0.2) is 0 Å². The van der Waals surface area contributed by atoms with Crippen LogP contribution in [0.15, 0.2) is 54.6 Å². The molecule has 0 atom stereocenters. The van der Waals surface area contributed by atoms with E-state index < -0.39 is 0 Å². The fourth-order valence-corrected chi connectivity index (χ4v) is 3.55. The topological polar surface area (TPSA) is 22.1 Å². The van der Waals surface area contributed by atoms with Gasteiger partial charge < -0.3 is 4.74 Å². The molecule has 3 aromatic rings. The zero-order chi connectivity index (χ0) is 15.6. The monoisotopic (exact) mass is 303 g/mol. The van der Waals surface area contributed by atoms with Crippen LogP contribution in [-0.2, 0) is 4.74 Å². The third-order valence-corrected chi connectivity index (χ3v) is 4.74. The lowest BCUT2D eigenvalue weighted by Gasteiger charge is -2.24. The predicted octanol–water partition coefficient (Wildman–Crippen LogP) is 5.10. The molecule has 0 saturated carbocycles. The van der Waals surface area contributed by atoms with Gasteiger partial charge >= 0.3 is 0 Å². The van der Waals surface area contributed by atoms with Gasteiger partial charge in [-0.1, -0.05) is 36.4 Å². The first-order valence-electron chi connectivity index (χ1n) is 8.36. The maximum atomic E-state index is 5.54. The van der Waals surface area contributed by atoms with Crippen LogP contribution in [0.2, 0.25) is 0 Å². The normalized spacial score (nSPS) is 15.9. The van der Waals surface area contributed by atoms with E-state index in [0.717, 1.165) is 37.3 Å². The highest BCUT2D eigenvalue weighted by Crippen LogP contribution is 2.34. The van der Waals surface area contributed by atoms with Gasteiger partial charge in [-0.3, -0.25) is 4.98 Å². The molecule has 0 amide bonds. The Balaban J connectivity index is 1.87. The van der Waals surface area contributed by atoms with Crippen molar-refractivity contribution in [2.45, 2.75) is 25.7 Å². The van der Waals surface area contributed by atoms with Gasteiger partial charge in [0.05, 0.1) is 5.52 Å². The van der Waals surface area contributed by atoms with E-state index in [2.05, 4.69) is 61.5 Å². The van der Waals surface area contributed by atoms with Crippen molar-refractivity contribution in [3.05, 3.63) is 65.9 Å². The van der Waals surface area contributed by atoms with Crippen molar-refractivity contribution in [1.29, 1.82) is 0 Å². The molecule has 1 aliphatic rings. The molecule has 2 aromatic carbocycles. The molecular formula is C21H21NO. The Morgan fingerprint density at radius 1 is 0.913 bits per heavy atom. The van der Waals surface area contributed by atoms with Crippen LogP contribution >= 0.6 is 0 Å². The van der Waals surface area contributed by atoms with Crippen LogP contribution in [0.25, 0.3) is 22.0 Å². The van der Waals surface area contributed by atoms with Gasteiger partial charge in [-0.2, -0.15) is 0 Å². The maximum Gasteiger partial charge on any atom is 0.0708 e. The number of hydrogen-bond acceptors (Lipinski definition) is 2. The Kier molecular flexibility index (Phi) is 3.84. The largest absolute Gasteiger partial charge is 0.381 e. The van der Waals surface area contributed by atoms with Crippen LogP contribution in [-0.4, -0.2) is 18.2 Å². The number of rotatable bonds is 2. The van der Waals surface area contributed by atoms with E-state index >= 15 is 0 Å². The van der Waals surface area contributed by atoms with Crippen molar-refractivity contribution in [3.63, 3.8) is 0 Å². The molecular weight excluding hydrogens is 282 g/mol. The van der Waals surface area contributed by atoms with E-state index in [-0.39, 0.29) is 0 Å². The van der Waals surface area contributed by atoms with E-state index in [9.17, 15) is 0 Å². The van der Waals surface area contributed by atoms with Gasteiger partial charge in [0.25, 0.3) is 0 Å². The average Bonchev–Trinajstić information content (AvgIpc) is 2.62. The SMILES string of the molecule is Cc1cc(C2CCOCC2)c2cc(-c3ccccc3)ccc2n1. The highest BCUT2D eigenvalue weighted by molar-refractivity contribution is 5.87. The lowest BCUT2D eigenvalue weighted by atomic mass is 9.88. The second kappa shape index (κ2) is 6.13. The molecule has 0 spiro atoms. The molecule has 4 rings (SSSR count). The van der Waals surface area contributed by atoms with Gasteiger partial charge in [0.1, 0.15) is 0 Å². The molecule has 2 heterocycles. The molecule has 1 saturated heterocycles. The Morgan fingerprint density at radius 2 is 1.70 bits per heavy atom. The maximum absolute atomic E-state index is 5.54. The van der Waals surface area contributed by atoms with E-state index in [1.54, 1.807) is 0 Å². The summed E-state index contributed by atoms with van der Waals surface area (Å²) in [7, 11) is 0. The number of fused-ring (bicyclic) bond motifs is 1. The highest BCUT2D eigenvalue weighted by Gasteiger charge is 2.19. The second-order valence-corrected chi connectivity index (χ2v) is 6.34. The number of pyridine rings is 1. The first-order chi connectivity index (χ1) is 11.3.